The number of para-hydroxylation sites is 1. The van der Waals surface area contributed by atoms with Crippen molar-refractivity contribution in [3.8, 4) is 11.8 Å². The summed E-state index contributed by atoms with van der Waals surface area (Å²) in [5, 5.41) is 13.3. The van der Waals surface area contributed by atoms with Crippen LogP contribution in [0.4, 0.5) is 5.69 Å². The van der Waals surface area contributed by atoms with Crippen LogP contribution in [0.5, 0.6) is 5.75 Å². The molecular weight excluding hydrogens is 350 g/mol. The van der Waals surface area contributed by atoms with Crippen LogP contribution < -0.4 is 10.1 Å². The van der Waals surface area contributed by atoms with Crippen molar-refractivity contribution in [2.45, 2.75) is 4.90 Å². The summed E-state index contributed by atoms with van der Waals surface area (Å²) in [6.45, 7) is 0.906. The molecule has 0 amide bonds. The molecule has 1 heterocycles. The van der Waals surface area contributed by atoms with Crippen LogP contribution in [-0.2, 0) is 9.84 Å². The van der Waals surface area contributed by atoms with Gasteiger partial charge in [-0.05, 0) is 36.4 Å². The molecule has 0 spiro atoms. The van der Waals surface area contributed by atoms with E-state index in [1.165, 1.54) is 18.4 Å². The topological polar surface area (TPSA) is 92.1 Å². The maximum atomic E-state index is 11.4. The number of nitrogens with zero attached hydrogens (tertiary/aromatic N) is 2. The van der Waals surface area contributed by atoms with E-state index in [1.54, 1.807) is 18.2 Å². The average molecular weight is 367 g/mol. The maximum Gasteiger partial charge on any atom is 0.175 e. The van der Waals surface area contributed by atoms with Crippen molar-refractivity contribution in [2.75, 3.05) is 24.7 Å². The predicted molar refractivity (Wildman–Crippen MR) is 100.0 cm³/mol. The Morgan fingerprint density at radius 1 is 1.15 bits per heavy atom. The second-order valence-electron chi connectivity index (χ2n) is 5.70. The van der Waals surface area contributed by atoms with Gasteiger partial charge >= 0.3 is 0 Å². The van der Waals surface area contributed by atoms with Crippen molar-refractivity contribution < 1.29 is 13.2 Å². The molecule has 0 bridgehead atoms. The van der Waals surface area contributed by atoms with E-state index in [0.29, 0.717) is 24.6 Å². The lowest BCUT2D eigenvalue weighted by Gasteiger charge is -2.11. The molecule has 1 aromatic heterocycles. The number of nitrogens with one attached hydrogen (secondary N) is 1. The number of sulfone groups is 1. The van der Waals surface area contributed by atoms with Crippen LogP contribution in [0.2, 0.25) is 0 Å². The zero-order valence-corrected chi connectivity index (χ0v) is 15.0. The van der Waals surface area contributed by atoms with Gasteiger partial charge in [0.25, 0.3) is 0 Å². The first-order chi connectivity index (χ1) is 12.5. The van der Waals surface area contributed by atoms with E-state index in [2.05, 4.69) is 16.4 Å². The highest BCUT2D eigenvalue weighted by atomic mass is 32.2. The third-order valence-electron chi connectivity index (χ3n) is 3.77. The molecule has 3 aromatic rings. The van der Waals surface area contributed by atoms with Crippen LogP contribution in [-0.4, -0.2) is 32.8 Å². The third kappa shape index (κ3) is 4.10. The number of aromatic nitrogens is 1. The van der Waals surface area contributed by atoms with Gasteiger partial charge in [0, 0.05) is 23.9 Å². The van der Waals surface area contributed by atoms with Gasteiger partial charge in [0.1, 0.15) is 24.1 Å². The monoisotopic (exact) mass is 367 g/mol. The Kier molecular flexibility index (Phi) is 5.05. The standard InChI is InChI=1S/C19H17N3O3S/c1-26(23,24)16-8-6-15(7-9-16)25-11-10-21-19-12-14(13-20)22-18-5-3-2-4-17(18)19/h2-9,12H,10-11H2,1H3,(H,21,22). The average Bonchev–Trinajstić information content (AvgIpc) is 2.64. The van der Waals surface area contributed by atoms with Gasteiger partial charge in [-0.25, -0.2) is 13.4 Å². The number of ether oxygens (including phenoxy) is 1. The van der Waals surface area contributed by atoms with Crippen molar-refractivity contribution in [1.82, 2.24) is 4.98 Å². The summed E-state index contributed by atoms with van der Waals surface area (Å²) in [7, 11) is -3.21. The summed E-state index contributed by atoms with van der Waals surface area (Å²) < 4.78 is 28.5. The highest BCUT2D eigenvalue weighted by Gasteiger charge is 2.07. The van der Waals surface area contributed by atoms with E-state index in [9.17, 15) is 8.42 Å². The van der Waals surface area contributed by atoms with Gasteiger partial charge < -0.3 is 10.1 Å². The van der Waals surface area contributed by atoms with Gasteiger partial charge in [-0.2, -0.15) is 5.26 Å². The minimum Gasteiger partial charge on any atom is -0.492 e. The number of benzene rings is 2. The van der Waals surface area contributed by atoms with Crippen LogP contribution in [0, 0.1) is 11.3 Å². The second kappa shape index (κ2) is 7.42. The Morgan fingerprint density at radius 3 is 2.58 bits per heavy atom. The molecular formula is C19H17N3O3S. The number of anilines is 1. The molecule has 7 heteroatoms. The molecule has 132 valence electrons. The number of fused-ring (bicyclic) bond motifs is 1. The van der Waals surface area contributed by atoms with Gasteiger partial charge in [0.2, 0.25) is 0 Å². The Morgan fingerprint density at radius 2 is 1.88 bits per heavy atom. The summed E-state index contributed by atoms with van der Waals surface area (Å²) >= 11 is 0. The third-order valence-corrected chi connectivity index (χ3v) is 4.90. The summed E-state index contributed by atoms with van der Waals surface area (Å²) in [4.78, 5) is 4.54. The van der Waals surface area contributed by atoms with Gasteiger partial charge in [0.05, 0.1) is 10.4 Å². The number of nitriles is 1. The minimum atomic E-state index is -3.21. The summed E-state index contributed by atoms with van der Waals surface area (Å²) in [6.07, 6.45) is 1.17. The fraction of sp³-hybridized carbons (Fsp3) is 0.158. The predicted octanol–water partition coefficient (Wildman–Crippen LogP) is 3.00. The molecule has 0 fully saturated rings. The van der Waals surface area contributed by atoms with Crippen molar-refractivity contribution in [3.05, 3.63) is 60.3 Å². The Hall–Kier alpha value is -3.11. The van der Waals surface area contributed by atoms with Crippen LogP contribution >= 0.6 is 0 Å². The lowest BCUT2D eigenvalue weighted by atomic mass is 10.1. The molecule has 0 aliphatic carbocycles. The van der Waals surface area contributed by atoms with Gasteiger partial charge in [-0.3, -0.25) is 0 Å². The fourth-order valence-electron chi connectivity index (χ4n) is 2.52. The molecule has 0 aliphatic heterocycles. The molecule has 2 aromatic carbocycles. The lowest BCUT2D eigenvalue weighted by Crippen LogP contribution is -2.12. The van der Waals surface area contributed by atoms with E-state index < -0.39 is 9.84 Å². The Bertz CT molecular complexity index is 1070. The molecule has 0 unspecified atom stereocenters. The van der Waals surface area contributed by atoms with E-state index in [0.717, 1.165) is 16.6 Å². The van der Waals surface area contributed by atoms with Gasteiger partial charge in [-0.1, -0.05) is 18.2 Å². The van der Waals surface area contributed by atoms with E-state index in [-0.39, 0.29) is 4.90 Å². The first-order valence-corrected chi connectivity index (χ1v) is 9.83. The molecule has 0 radical (unpaired) electrons. The van der Waals surface area contributed by atoms with Crippen molar-refractivity contribution >= 4 is 26.4 Å². The number of pyridine rings is 1. The molecule has 26 heavy (non-hydrogen) atoms. The quantitative estimate of drug-likeness (QED) is 0.673. The summed E-state index contributed by atoms with van der Waals surface area (Å²) in [6, 6.07) is 17.7. The number of hydrogen-bond acceptors (Lipinski definition) is 6. The molecule has 3 rings (SSSR count). The van der Waals surface area contributed by atoms with Crippen LogP contribution in [0.3, 0.4) is 0 Å². The van der Waals surface area contributed by atoms with Gasteiger partial charge in [-0.15, -0.1) is 0 Å². The summed E-state index contributed by atoms with van der Waals surface area (Å²) in [5.41, 5.74) is 1.93. The zero-order valence-electron chi connectivity index (χ0n) is 14.1. The fourth-order valence-corrected chi connectivity index (χ4v) is 3.15. The van der Waals surface area contributed by atoms with Crippen molar-refractivity contribution in [2.24, 2.45) is 0 Å². The number of rotatable bonds is 6. The lowest BCUT2D eigenvalue weighted by molar-refractivity contribution is 0.332. The number of hydrogen-bond donors (Lipinski definition) is 1. The second-order valence-corrected chi connectivity index (χ2v) is 7.72. The zero-order chi connectivity index (χ0) is 18.6. The van der Waals surface area contributed by atoms with E-state index >= 15 is 0 Å². The first kappa shape index (κ1) is 17.7. The smallest absolute Gasteiger partial charge is 0.175 e. The Labute approximate surface area is 152 Å². The molecule has 0 atom stereocenters. The first-order valence-electron chi connectivity index (χ1n) is 7.94. The molecule has 1 N–H and O–H groups in total. The van der Waals surface area contributed by atoms with Crippen molar-refractivity contribution in [3.63, 3.8) is 0 Å². The van der Waals surface area contributed by atoms with E-state index in [4.69, 9.17) is 10.00 Å². The molecule has 0 aliphatic rings. The molecule has 6 nitrogen and oxygen atoms in total. The molecule has 0 saturated heterocycles. The van der Waals surface area contributed by atoms with Crippen LogP contribution in [0.1, 0.15) is 5.69 Å². The minimum absolute atomic E-state index is 0.260. The van der Waals surface area contributed by atoms with Gasteiger partial charge in [0.15, 0.2) is 9.84 Å². The van der Waals surface area contributed by atoms with E-state index in [1.807, 2.05) is 24.3 Å². The van der Waals surface area contributed by atoms with Crippen LogP contribution in [0.25, 0.3) is 10.9 Å². The summed E-state index contributed by atoms with van der Waals surface area (Å²) in [5.74, 6) is 0.594. The Balaban J connectivity index is 1.64. The highest BCUT2D eigenvalue weighted by Crippen LogP contribution is 2.23. The SMILES string of the molecule is CS(=O)(=O)c1ccc(OCCNc2cc(C#N)nc3ccccc23)cc1. The molecule has 0 saturated carbocycles. The normalized spacial score (nSPS) is 11.1. The maximum absolute atomic E-state index is 11.4. The highest BCUT2D eigenvalue weighted by molar-refractivity contribution is 7.90. The van der Waals surface area contributed by atoms with Crippen LogP contribution in [0.15, 0.2) is 59.5 Å². The largest absolute Gasteiger partial charge is 0.492 e. The van der Waals surface area contributed by atoms with Crippen molar-refractivity contribution in [1.29, 1.82) is 5.26 Å².